The number of aromatic nitrogens is 2. The average molecular weight is 206 g/mol. The summed E-state index contributed by atoms with van der Waals surface area (Å²) in [6.07, 6.45) is 5.02. The Kier molecular flexibility index (Phi) is 2.53. The van der Waals surface area contributed by atoms with Crippen molar-refractivity contribution in [1.82, 2.24) is 15.3 Å². The summed E-state index contributed by atoms with van der Waals surface area (Å²) in [5.74, 6) is 0.712. The monoisotopic (exact) mass is 206 g/mol. The van der Waals surface area contributed by atoms with E-state index in [2.05, 4.69) is 22.2 Å². The predicted octanol–water partition coefficient (Wildman–Crippen LogP) is 0.587. The molecule has 15 heavy (non-hydrogen) atoms. The summed E-state index contributed by atoms with van der Waals surface area (Å²) < 4.78 is 0. The van der Waals surface area contributed by atoms with Crippen LogP contribution in [-0.2, 0) is 0 Å². The highest BCUT2D eigenvalue weighted by Gasteiger charge is 2.36. The molecule has 0 aromatic carbocycles. The molecular formula is C10H14N4O. The molecule has 0 aliphatic heterocycles. The standard InChI is InChI=1S/C10H14N4O/c1-2-6-3-7(6)14-10(15)8-4-12-5-9(11)13-8/h4-7H,2-3H2,1H3,(H2,11,13)(H,14,15). The van der Waals surface area contributed by atoms with Gasteiger partial charge in [0, 0.05) is 6.04 Å². The Bertz CT molecular complexity index is 379. The first-order valence-electron chi connectivity index (χ1n) is 5.09. The van der Waals surface area contributed by atoms with Crippen molar-refractivity contribution in [3.63, 3.8) is 0 Å². The van der Waals surface area contributed by atoms with Crippen molar-refractivity contribution < 1.29 is 4.79 Å². The minimum Gasteiger partial charge on any atom is -0.382 e. The zero-order chi connectivity index (χ0) is 10.8. The molecule has 1 aromatic rings. The number of nitrogens with zero attached hydrogens (tertiary/aromatic N) is 2. The van der Waals surface area contributed by atoms with Crippen LogP contribution in [0.25, 0.3) is 0 Å². The molecule has 3 N–H and O–H groups in total. The maximum Gasteiger partial charge on any atom is 0.271 e. The molecule has 5 nitrogen and oxygen atoms in total. The summed E-state index contributed by atoms with van der Waals surface area (Å²) in [4.78, 5) is 19.4. The number of rotatable bonds is 3. The third-order valence-corrected chi connectivity index (χ3v) is 2.65. The Morgan fingerprint density at radius 3 is 3.07 bits per heavy atom. The van der Waals surface area contributed by atoms with Gasteiger partial charge >= 0.3 is 0 Å². The highest BCUT2D eigenvalue weighted by Crippen LogP contribution is 2.33. The van der Waals surface area contributed by atoms with Gasteiger partial charge in [0.25, 0.3) is 5.91 Å². The zero-order valence-electron chi connectivity index (χ0n) is 8.60. The van der Waals surface area contributed by atoms with Crippen molar-refractivity contribution in [2.75, 3.05) is 5.73 Å². The fraction of sp³-hybridized carbons (Fsp3) is 0.500. The molecule has 2 atom stereocenters. The van der Waals surface area contributed by atoms with Crippen LogP contribution in [0.2, 0.25) is 0 Å². The number of nitrogens with one attached hydrogen (secondary N) is 1. The van der Waals surface area contributed by atoms with Crippen molar-refractivity contribution in [2.24, 2.45) is 5.92 Å². The normalized spacial score (nSPS) is 23.5. The number of carbonyl (C=O) groups excluding carboxylic acids is 1. The van der Waals surface area contributed by atoms with E-state index < -0.39 is 0 Å². The maximum absolute atomic E-state index is 11.6. The third-order valence-electron chi connectivity index (χ3n) is 2.65. The van der Waals surface area contributed by atoms with Crippen LogP contribution in [0, 0.1) is 5.92 Å². The zero-order valence-corrected chi connectivity index (χ0v) is 8.60. The van der Waals surface area contributed by atoms with E-state index in [4.69, 9.17) is 5.73 Å². The van der Waals surface area contributed by atoms with Crippen LogP contribution in [0.4, 0.5) is 5.82 Å². The molecule has 80 valence electrons. The van der Waals surface area contributed by atoms with Crippen LogP contribution in [0.3, 0.4) is 0 Å². The number of carbonyl (C=O) groups is 1. The highest BCUT2D eigenvalue weighted by atomic mass is 16.2. The van der Waals surface area contributed by atoms with Crippen molar-refractivity contribution in [3.05, 3.63) is 18.1 Å². The van der Waals surface area contributed by atoms with Crippen molar-refractivity contribution in [3.8, 4) is 0 Å². The molecule has 5 heteroatoms. The number of amides is 1. The quantitative estimate of drug-likeness (QED) is 0.758. The van der Waals surface area contributed by atoms with Gasteiger partial charge in [0.2, 0.25) is 0 Å². The van der Waals surface area contributed by atoms with Crippen molar-refractivity contribution in [1.29, 1.82) is 0 Å². The Morgan fingerprint density at radius 2 is 2.47 bits per heavy atom. The first kappa shape index (κ1) is 9.89. The van der Waals surface area contributed by atoms with Crippen LogP contribution in [0.1, 0.15) is 30.3 Å². The summed E-state index contributed by atoms with van der Waals surface area (Å²) >= 11 is 0. The molecule has 0 radical (unpaired) electrons. The Hall–Kier alpha value is -1.65. The molecule has 1 aliphatic carbocycles. The number of hydrogen-bond donors (Lipinski definition) is 2. The van der Waals surface area contributed by atoms with Gasteiger partial charge in [-0.25, -0.2) is 4.98 Å². The summed E-state index contributed by atoms with van der Waals surface area (Å²) in [6.45, 7) is 2.12. The molecule has 0 bridgehead atoms. The van der Waals surface area contributed by atoms with Crippen LogP contribution < -0.4 is 11.1 Å². The smallest absolute Gasteiger partial charge is 0.271 e. The number of nitrogens with two attached hydrogens (primary N) is 1. The molecule has 1 aliphatic rings. The lowest BCUT2D eigenvalue weighted by Crippen LogP contribution is -2.27. The molecular weight excluding hydrogens is 192 g/mol. The van der Waals surface area contributed by atoms with Gasteiger partial charge in [-0.2, -0.15) is 0 Å². The molecule has 1 amide bonds. The van der Waals surface area contributed by atoms with Gasteiger partial charge in [0.1, 0.15) is 11.5 Å². The largest absolute Gasteiger partial charge is 0.382 e. The molecule has 0 saturated heterocycles. The SMILES string of the molecule is CCC1CC1NC(=O)c1cncc(N)n1. The summed E-state index contributed by atoms with van der Waals surface area (Å²) in [5.41, 5.74) is 5.73. The molecule has 2 unspecified atom stereocenters. The fourth-order valence-corrected chi connectivity index (χ4v) is 1.61. The van der Waals surface area contributed by atoms with Gasteiger partial charge in [0.05, 0.1) is 12.4 Å². The molecule has 2 rings (SSSR count). The average Bonchev–Trinajstić information content (AvgIpc) is 2.96. The lowest BCUT2D eigenvalue weighted by molar-refractivity contribution is 0.0943. The van der Waals surface area contributed by atoms with Crippen LogP contribution >= 0.6 is 0 Å². The second kappa shape index (κ2) is 3.84. The second-order valence-electron chi connectivity index (χ2n) is 3.81. The maximum atomic E-state index is 11.6. The van der Waals surface area contributed by atoms with Gasteiger partial charge in [-0.05, 0) is 12.3 Å². The van der Waals surface area contributed by atoms with Crippen LogP contribution in [0.5, 0.6) is 0 Å². The van der Waals surface area contributed by atoms with E-state index in [0.717, 1.165) is 12.8 Å². The van der Waals surface area contributed by atoms with Gasteiger partial charge in [-0.3, -0.25) is 9.78 Å². The molecule has 1 aromatic heterocycles. The van der Waals surface area contributed by atoms with Gasteiger partial charge in [0.15, 0.2) is 0 Å². The lowest BCUT2D eigenvalue weighted by atomic mass is 10.3. The van der Waals surface area contributed by atoms with Gasteiger partial charge in [-0.15, -0.1) is 0 Å². The number of nitrogen functional groups attached to an aromatic ring is 1. The summed E-state index contributed by atoms with van der Waals surface area (Å²) in [5, 5.41) is 2.90. The molecule has 1 heterocycles. The highest BCUT2D eigenvalue weighted by molar-refractivity contribution is 5.92. The summed E-state index contributed by atoms with van der Waals surface area (Å²) in [7, 11) is 0. The number of anilines is 1. The van der Waals surface area contributed by atoms with Gasteiger partial charge in [-0.1, -0.05) is 13.3 Å². The molecule has 1 saturated carbocycles. The minimum absolute atomic E-state index is 0.184. The second-order valence-corrected chi connectivity index (χ2v) is 3.81. The van der Waals surface area contributed by atoms with Crippen molar-refractivity contribution in [2.45, 2.75) is 25.8 Å². The number of hydrogen-bond acceptors (Lipinski definition) is 4. The predicted molar refractivity (Wildman–Crippen MR) is 56.1 cm³/mol. The first-order chi connectivity index (χ1) is 7.20. The topological polar surface area (TPSA) is 80.9 Å². The minimum atomic E-state index is -0.184. The first-order valence-corrected chi connectivity index (χ1v) is 5.09. The van der Waals surface area contributed by atoms with E-state index in [9.17, 15) is 4.79 Å². The Labute approximate surface area is 88.1 Å². The van der Waals surface area contributed by atoms with E-state index in [1.165, 1.54) is 12.4 Å². The van der Waals surface area contributed by atoms with E-state index in [1.54, 1.807) is 0 Å². The van der Waals surface area contributed by atoms with Crippen molar-refractivity contribution >= 4 is 11.7 Å². The van der Waals surface area contributed by atoms with Gasteiger partial charge < -0.3 is 11.1 Å². The van der Waals surface area contributed by atoms with Crippen LogP contribution in [-0.4, -0.2) is 21.9 Å². The Morgan fingerprint density at radius 1 is 1.67 bits per heavy atom. The molecule has 0 spiro atoms. The Balaban J connectivity index is 1.97. The fourth-order valence-electron chi connectivity index (χ4n) is 1.61. The van der Waals surface area contributed by atoms with E-state index in [1.807, 2.05) is 0 Å². The third kappa shape index (κ3) is 2.23. The van der Waals surface area contributed by atoms with Crippen LogP contribution in [0.15, 0.2) is 12.4 Å². The van der Waals surface area contributed by atoms with E-state index in [-0.39, 0.29) is 17.4 Å². The van der Waals surface area contributed by atoms with E-state index >= 15 is 0 Å². The lowest BCUT2D eigenvalue weighted by Gasteiger charge is -2.03. The summed E-state index contributed by atoms with van der Waals surface area (Å²) in [6, 6.07) is 0.311. The molecule has 1 fully saturated rings. The van der Waals surface area contributed by atoms with E-state index in [0.29, 0.717) is 12.0 Å².